The topological polar surface area (TPSA) is 71.2 Å². The van der Waals surface area contributed by atoms with Crippen LogP contribution >= 0.6 is 39.1 Å². The third-order valence-electron chi connectivity index (χ3n) is 4.49. The summed E-state index contributed by atoms with van der Waals surface area (Å²) < 4.78 is 16.6. The molecule has 1 amide bonds. The molecule has 0 aliphatic carbocycles. The molecule has 0 atom stereocenters. The van der Waals surface area contributed by atoms with Gasteiger partial charge < -0.3 is 14.6 Å². The van der Waals surface area contributed by atoms with Crippen molar-refractivity contribution in [2.24, 2.45) is 0 Å². The SMILES string of the molecule is CC(C)(C)N(CCn1c(CCl)nc2cnc3c(F)c(Br)c(Cl)cc3c21)C(=O)O. The predicted octanol–water partition coefficient (Wildman–Crippen LogP) is 5.66. The van der Waals surface area contributed by atoms with Gasteiger partial charge in [0.1, 0.15) is 16.9 Å². The van der Waals surface area contributed by atoms with Gasteiger partial charge in [0, 0.05) is 24.0 Å². The smallest absolute Gasteiger partial charge is 0.407 e. The van der Waals surface area contributed by atoms with E-state index < -0.39 is 17.4 Å². The number of halogens is 4. The van der Waals surface area contributed by atoms with E-state index in [1.807, 2.05) is 20.8 Å². The monoisotopic (exact) mass is 490 g/mol. The number of hydrogen-bond acceptors (Lipinski definition) is 3. The van der Waals surface area contributed by atoms with E-state index in [1.165, 1.54) is 11.1 Å². The summed E-state index contributed by atoms with van der Waals surface area (Å²) in [4.78, 5) is 21.6. The molecule has 3 aromatic rings. The fourth-order valence-electron chi connectivity index (χ4n) is 3.17. The van der Waals surface area contributed by atoms with E-state index in [0.717, 1.165) is 0 Å². The number of amides is 1. The van der Waals surface area contributed by atoms with Crippen LogP contribution in [0.5, 0.6) is 0 Å². The lowest BCUT2D eigenvalue weighted by atomic mass is 10.1. The molecule has 0 aliphatic heterocycles. The van der Waals surface area contributed by atoms with Crippen molar-refractivity contribution in [3.8, 4) is 0 Å². The van der Waals surface area contributed by atoms with Crippen molar-refractivity contribution in [1.82, 2.24) is 19.4 Å². The summed E-state index contributed by atoms with van der Waals surface area (Å²) in [5.74, 6) is 0.0991. The highest BCUT2D eigenvalue weighted by Gasteiger charge is 2.26. The molecule has 2 heterocycles. The number of alkyl halides is 1. The van der Waals surface area contributed by atoms with Crippen LogP contribution in [0, 0.1) is 5.82 Å². The van der Waals surface area contributed by atoms with Gasteiger partial charge in [0.25, 0.3) is 0 Å². The second-order valence-corrected chi connectivity index (χ2v) is 8.76. The number of nitrogens with zero attached hydrogens (tertiary/aromatic N) is 4. The number of benzene rings is 1. The minimum Gasteiger partial charge on any atom is -0.465 e. The summed E-state index contributed by atoms with van der Waals surface area (Å²) in [6.07, 6.45) is 0.459. The maximum absolute atomic E-state index is 14.6. The fourth-order valence-corrected chi connectivity index (χ4v) is 3.87. The largest absolute Gasteiger partial charge is 0.465 e. The lowest BCUT2D eigenvalue weighted by molar-refractivity contribution is 0.0979. The van der Waals surface area contributed by atoms with E-state index in [2.05, 4.69) is 25.9 Å². The molecular weight excluding hydrogens is 474 g/mol. The molecule has 0 saturated heterocycles. The Labute approximate surface area is 179 Å². The van der Waals surface area contributed by atoms with Gasteiger partial charge in [0.05, 0.1) is 27.1 Å². The highest BCUT2D eigenvalue weighted by molar-refractivity contribution is 9.10. The molecule has 150 valence electrons. The van der Waals surface area contributed by atoms with Crippen LogP contribution < -0.4 is 0 Å². The molecular formula is C18H18BrCl2FN4O2. The molecule has 1 N–H and O–H groups in total. The molecule has 1 aromatic carbocycles. The molecule has 0 bridgehead atoms. The minimum absolute atomic E-state index is 0.117. The summed E-state index contributed by atoms with van der Waals surface area (Å²) in [5, 5.41) is 10.2. The van der Waals surface area contributed by atoms with Gasteiger partial charge in [0.2, 0.25) is 0 Å². The Morgan fingerprint density at radius 1 is 1.43 bits per heavy atom. The van der Waals surface area contributed by atoms with E-state index in [9.17, 15) is 14.3 Å². The molecule has 10 heteroatoms. The third-order valence-corrected chi connectivity index (χ3v) is 6.03. The number of hydrogen-bond donors (Lipinski definition) is 1. The van der Waals surface area contributed by atoms with E-state index in [0.29, 0.717) is 28.8 Å². The first-order chi connectivity index (χ1) is 13.1. The van der Waals surface area contributed by atoms with Gasteiger partial charge >= 0.3 is 6.09 Å². The predicted molar refractivity (Wildman–Crippen MR) is 112 cm³/mol. The number of carboxylic acid groups (broad SMARTS) is 1. The third kappa shape index (κ3) is 3.65. The Morgan fingerprint density at radius 2 is 2.11 bits per heavy atom. The molecule has 0 unspecified atom stereocenters. The molecule has 2 aromatic heterocycles. The van der Waals surface area contributed by atoms with Gasteiger partial charge in [-0.15, -0.1) is 11.6 Å². The van der Waals surface area contributed by atoms with Crippen LogP contribution in [0.2, 0.25) is 5.02 Å². The van der Waals surface area contributed by atoms with Gasteiger partial charge in [-0.05, 0) is 42.8 Å². The Kier molecular flexibility index (Phi) is 5.76. The number of carbonyl (C=O) groups is 1. The average Bonchev–Trinajstić information content (AvgIpc) is 2.96. The second-order valence-electron chi connectivity index (χ2n) is 7.29. The van der Waals surface area contributed by atoms with E-state index in [4.69, 9.17) is 23.2 Å². The maximum Gasteiger partial charge on any atom is 0.407 e. The fraction of sp³-hybridized carbons (Fsp3) is 0.389. The lowest BCUT2D eigenvalue weighted by Gasteiger charge is -2.33. The first-order valence-corrected chi connectivity index (χ1v) is 10.1. The van der Waals surface area contributed by atoms with Crippen LogP contribution in [0.3, 0.4) is 0 Å². The van der Waals surface area contributed by atoms with Gasteiger partial charge in [-0.25, -0.2) is 14.2 Å². The Hall–Kier alpha value is -1.64. The Bertz CT molecular complexity index is 1080. The molecule has 6 nitrogen and oxygen atoms in total. The maximum atomic E-state index is 14.6. The zero-order valence-electron chi connectivity index (χ0n) is 15.4. The molecule has 0 saturated carbocycles. The number of fused-ring (bicyclic) bond motifs is 3. The molecule has 28 heavy (non-hydrogen) atoms. The van der Waals surface area contributed by atoms with E-state index in [1.54, 1.807) is 10.6 Å². The number of rotatable bonds is 4. The number of pyridine rings is 1. The van der Waals surface area contributed by atoms with Gasteiger partial charge in [0.15, 0.2) is 5.82 Å². The van der Waals surface area contributed by atoms with Crippen molar-refractivity contribution in [3.63, 3.8) is 0 Å². The molecule has 3 rings (SSSR count). The first-order valence-electron chi connectivity index (χ1n) is 8.44. The van der Waals surface area contributed by atoms with Crippen molar-refractivity contribution in [2.75, 3.05) is 6.54 Å². The Balaban J connectivity index is 2.19. The highest BCUT2D eigenvalue weighted by atomic mass is 79.9. The number of aromatic nitrogens is 3. The van der Waals surface area contributed by atoms with Crippen LogP contribution in [0.15, 0.2) is 16.7 Å². The standard InChI is InChI=1S/C18H18BrCl2FN4O2/c1-18(2,3)26(17(27)28)5-4-25-12(7-20)24-11-8-23-15-9(16(11)25)6-10(21)13(19)14(15)22/h6,8H,4-5,7H2,1-3H3,(H,27,28). The normalized spacial score (nSPS) is 12.1. The molecule has 0 fully saturated rings. The van der Waals surface area contributed by atoms with Gasteiger partial charge in [-0.1, -0.05) is 11.6 Å². The summed E-state index contributed by atoms with van der Waals surface area (Å²) in [7, 11) is 0. The van der Waals surface area contributed by atoms with E-state index in [-0.39, 0.29) is 27.4 Å². The van der Waals surface area contributed by atoms with Crippen LogP contribution in [0.1, 0.15) is 26.6 Å². The van der Waals surface area contributed by atoms with Crippen LogP contribution in [-0.4, -0.2) is 42.7 Å². The van der Waals surface area contributed by atoms with Crippen LogP contribution in [0.4, 0.5) is 9.18 Å². The van der Waals surface area contributed by atoms with Gasteiger partial charge in [-0.3, -0.25) is 4.98 Å². The van der Waals surface area contributed by atoms with Crippen molar-refractivity contribution >= 4 is 67.2 Å². The first kappa shape index (κ1) is 21.1. The molecule has 0 radical (unpaired) electrons. The lowest BCUT2D eigenvalue weighted by Crippen LogP contribution is -2.46. The van der Waals surface area contributed by atoms with Crippen molar-refractivity contribution in [3.05, 3.63) is 33.4 Å². The average molecular weight is 492 g/mol. The molecule has 0 aliphatic rings. The molecule has 0 spiro atoms. The van der Waals surface area contributed by atoms with Crippen molar-refractivity contribution < 1.29 is 14.3 Å². The summed E-state index contributed by atoms with van der Waals surface area (Å²) in [5.41, 5.74) is 0.733. The van der Waals surface area contributed by atoms with Gasteiger partial charge in [-0.2, -0.15) is 0 Å². The summed E-state index contributed by atoms with van der Waals surface area (Å²) >= 11 is 15.4. The van der Waals surface area contributed by atoms with Crippen molar-refractivity contribution in [1.29, 1.82) is 0 Å². The zero-order valence-corrected chi connectivity index (χ0v) is 18.5. The van der Waals surface area contributed by atoms with Crippen LogP contribution in [-0.2, 0) is 12.4 Å². The van der Waals surface area contributed by atoms with Crippen LogP contribution in [0.25, 0.3) is 21.9 Å². The highest BCUT2D eigenvalue weighted by Crippen LogP contribution is 2.35. The minimum atomic E-state index is -1.02. The zero-order chi connectivity index (χ0) is 20.8. The quantitative estimate of drug-likeness (QED) is 0.377. The van der Waals surface area contributed by atoms with Crippen molar-refractivity contribution in [2.45, 2.75) is 38.7 Å². The van der Waals surface area contributed by atoms with E-state index >= 15 is 0 Å². The Morgan fingerprint density at radius 3 is 2.68 bits per heavy atom. The summed E-state index contributed by atoms with van der Waals surface area (Å²) in [6.45, 7) is 5.98. The number of imidazole rings is 1. The second kappa shape index (κ2) is 7.65. The summed E-state index contributed by atoms with van der Waals surface area (Å²) in [6, 6.07) is 1.62.